The zero-order valence-electron chi connectivity index (χ0n) is 21.7. The standard InChI is InChI=1S/C28H32F3N5O3/c1-2-36(15-14-32)26(38)9-5-8-25(37)35-24(16-19-10-12-21(13-11-19)28(29,30)31)27(39)34-22-17-20-6-3-4-7-23(20)33-18-22/h3-4,6-7,10-13,17-18,24H,2,5,8-9,14-16,32H2,1H3,(H,34,39)(H,35,37)/p+1. The normalized spacial score (nSPS) is 12.1. The summed E-state index contributed by atoms with van der Waals surface area (Å²) in [6, 6.07) is 12.7. The maximum Gasteiger partial charge on any atom is 0.416 e. The maximum atomic E-state index is 13.2. The van der Waals surface area contributed by atoms with Crippen molar-refractivity contribution in [3.05, 3.63) is 71.9 Å². The van der Waals surface area contributed by atoms with Crippen LogP contribution in [-0.2, 0) is 27.0 Å². The number of nitrogens with zero attached hydrogens (tertiary/aromatic N) is 1. The number of rotatable bonds is 12. The zero-order valence-corrected chi connectivity index (χ0v) is 21.7. The molecule has 0 spiro atoms. The molecule has 0 aliphatic carbocycles. The van der Waals surface area contributed by atoms with Crippen molar-refractivity contribution in [1.29, 1.82) is 0 Å². The van der Waals surface area contributed by atoms with Crippen LogP contribution in [0.2, 0.25) is 0 Å². The first kappa shape index (κ1) is 29.6. The summed E-state index contributed by atoms with van der Waals surface area (Å²) in [6.45, 7) is 3.14. The highest BCUT2D eigenvalue weighted by Crippen LogP contribution is 2.29. The van der Waals surface area contributed by atoms with Gasteiger partial charge in [-0.1, -0.05) is 24.3 Å². The number of nitrogens with two attached hydrogens (primary N) is 1. The van der Waals surface area contributed by atoms with Gasteiger partial charge in [-0.2, -0.15) is 13.2 Å². The van der Waals surface area contributed by atoms with Crippen LogP contribution in [0.1, 0.15) is 37.3 Å². The molecule has 0 aliphatic heterocycles. The Morgan fingerprint density at radius 1 is 1.05 bits per heavy atom. The van der Waals surface area contributed by atoms with E-state index in [1.807, 2.05) is 31.2 Å². The predicted molar refractivity (Wildman–Crippen MR) is 141 cm³/mol. The Morgan fingerprint density at radius 3 is 2.44 bits per heavy atom. The smallest absolute Gasteiger partial charge is 0.344 e. The molecular formula is C28H33F3N5O3+. The Bertz CT molecular complexity index is 1280. The molecule has 1 atom stereocenters. The number of carbonyl (C=O) groups excluding carboxylic acids is 3. The molecule has 8 nitrogen and oxygen atoms in total. The Balaban J connectivity index is 1.69. The number of carbonyl (C=O) groups is 3. The van der Waals surface area contributed by atoms with Gasteiger partial charge in [-0.25, -0.2) is 4.98 Å². The van der Waals surface area contributed by atoms with Crippen LogP contribution in [0, 0.1) is 0 Å². The van der Waals surface area contributed by atoms with E-state index in [2.05, 4.69) is 15.6 Å². The quantitative estimate of drug-likeness (QED) is 0.324. The molecule has 2 aromatic carbocycles. The SMILES string of the molecule is CCN(CCN)C(=O)CCCC(=O)NC(Cc1ccc(C(F)(F)F)cc1)C(=O)Nc1c[nH+]c2ccccc2c1. The fourth-order valence-electron chi connectivity index (χ4n) is 4.14. The molecule has 3 amide bonds. The molecule has 3 aromatic rings. The van der Waals surface area contributed by atoms with Gasteiger partial charge in [0.2, 0.25) is 23.2 Å². The van der Waals surface area contributed by atoms with Gasteiger partial charge in [-0.15, -0.1) is 0 Å². The molecule has 0 bridgehead atoms. The van der Waals surface area contributed by atoms with Gasteiger partial charge in [0.05, 0.1) is 5.56 Å². The molecule has 11 heteroatoms. The van der Waals surface area contributed by atoms with E-state index in [4.69, 9.17) is 5.73 Å². The molecule has 1 heterocycles. The molecule has 1 unspecified atom stereocenters. The highest BCUT2D eigenvalue weighted by atomic mass is 19.4. The summed E-state index contributed by atoms with van der Waals surface area (Å²) >= 11 is 0. The summed E-state index contributed by atoms with van der Waals surface area (Å²) in [5.41, 5.74) is 6.51. The molecule has 3 rings (SSSR count). The third-order valence-electron chi connectivity index (χ3n) is 6.22. The van der Waals surface area contributed by atoms with E-state index in [9.17, 15) is 27.6 Å². The molecule has 0 fully saturated rings. The first-order chi connectivity index (χ1) is 18.6. The number of hydrogen-bond acceptors (Lipinski definition) is 4. The average Bonchev–Trinajstić information content (AvgIpc) is 2.91. The number of halogens is 3. The van der Waals surface area contributed by atoms with Gasteiger partial charge in [0.25, 0.3) is 0 Å². The number of H-pyrrole nitrogens is 1. The molecule has 0 radical (unpaired) electrons. The van der Waals surface area contributed by atoms with Crippen LogP contribution in [-0.4, -0.2) is 48.3 Å². The van der Waals surface area contributed by atoms with Crippen molar-refractivity contribution in [3.8, 4) is 0 Å². The highest BCUT2D eigenvalue weighted by Gasteiger charge is 2.30. The summed E-state index contributed by atoms with van der Waals surface area (Å²) < 4.78 is 38.9. The van der Waals surface area contributed by atoms with E-state index >= 15 is 0 Å². The predicted octanol–water partition coefficient (Wildman–Crippen LogP) is 3.32. The third-order valence-corrected chi connectivity index (χ3v) is 6.22. The summed E-state index contributed by atoms with van der Waals surface area (Å²) in [7, 11) is 0. The summed E-state index contributed by atoms with van der Waals surface area (Å²) in [5, 5.41) is 6.31. The van der Waals surface area contributed by atoms with E-state index in [1.165, 1.54) is 12.1 Å². The molecule has 39 heavy (non-hydrogen) atoms. The number of alkyl halides is 3. The number of hydrogen-bond donors (Lipinski definition) is 3. The van der Waals surface area contributed by atoms with E-state index in [-0.39, 0.29) is 31.6 Å². The number of amides is 3. The summed E-state index contributed by atoms with van der Waals surface area (Å²) in [5.74, 6) is -1.08. The van der Waals surface area contributed by atoms with Crippen LogP contribution in [0.3, 0.4) is 0 Å². The zero-order chi connectivity index (χ0) is 28.4. The number of aromatic amines is 1. The van der Waals surface area contributed by atoms with Gasteiger partial charge in [-0.3, -0.25) is 14.4 Å². The first-order valence-electron chi connectivity index (χ1n) is 12.8. The van der Waals surface area contributed by atoms with Crippen molar-refractivity contribution in [1.82, 2.24) is 10.2 Å². The molecule has 5 N–H and O–H groups in total. The van der Waals surface area contributed by atoms with Crippen molar-refractivity contribution >= 4 is 34.3 Å². The van der Waals surface area contributed by atoms with Crippen molar-refractivity contribution in [2.75, 3.05) is 25.0 Å². The minimum absolute atomic E-state index is 0.00641. The number of para-hydroxylation sites is 1. The number of benzene rings is 2. The van der Waals surface area contributed by atoms with Crippen LogP contribution >= 0.6 is 0 Å². The van der Waals surface area contributed by atoms with E-state index in [0.29, 0.717) is 30.9 Å². The van der Waals surface area contributed by atoms with E-state index < -0.39 is 29.6 Å². The van der Waals surface area contributed by atoms with Crippen LogP contribution in [0.5, 0.6) is 0 Å². The van der Waals surface area contributed by atoms with E-state index in [0.717, 1.165) is 23.0 Å². The molecule has 0 saturated heterocycles. The Kier molecular flexibility index (Phi) is 10.4. The molecule has 0 aliphatic rings. The second-order valence-corrected chi connectivity index (χ2v) is 9.10. The minimum Gasteiger partial charge on any atom is -0.344 e. The van der Waals surface area contributed by atoms with Gasteiger partial charge < -0.3 is 21.3 Å². The fraction of sp³-hybridized carbons (Fsp3) is 0.357. The van der Waals surface area contributed by atoms with Gasteiger partial charge >= 0.3 is 6.18 Å². The second-order valence-electron chi connectivity index (χ2n) is 9.10. The number of aromatic nitrogens is 1. The monoisotopic (exact) mass is 544 g/mol. The van der Waals surface area contributed by atoms with Gasteiger partial charge in [0.15, 0.2) is 6.20 Å². The Morgan fingerprint density at radius 2 is 1.77 bits per heavy atom. The molecule has 1 aromatic heterocycles. The van der Waals surface area contributed by atoms with Crippen LogP contribution < -0.4 is 21.4 Å². The van der Waals surface area contributed by atoms with Gasteiger partial charge in [0.1, 0.15) is 11.7 Å². The Hall–Kier alpha value is -3.99. The Labute approximate surface area is 224 Å². The number of pyridine rings is 1. The maximum absolute atomic E-state index is 13.2. The van der Waals surface area contributed by atoms with Crippen molar-refractivity contribution in [2.45, 2.75) is 44.8 Å². The molecular weight excluding hydrogens is 511 g/mol. The highest BCUT2D eigenvalue weighted by molar-refractivity contribution is 5.98. The van der Waals surface area contributed by atoms with Crippen LogP contribution in [0.25, 0.3) is 10.9 Å². The van der Waals surface area contributed by atoms with Crippen LogP contribution in [0.4, 0.5) is 18.9 Å². The fourth-order valence-corrected chi connectivity index (χ4v) is 4.14. The average molecular weight is 545 g/mol. The lowest BCUT2D eigenvalue weighted by Crippen LogP contribution is -2.45. The lowest BCUT2D eigenvalue weighted by atomic mass is 10.0. The number of likely N-dealkylation sites (N-methyl/N-ethyl adjacent to an activating group) is 1. The van der Waals surface area contributed by atoms with Gasteiger partial charge in [0, 0.05) is 50.3 Å². The second kappa shape index (κ2) is 13.7. The summed E-state index contributed by atoms with van der Waals surface area (Å²) in [6.07, 6.45) is -2.45. The lowest BCUT2D eigenvalue weighted by Gasteiger charge is -2.20. The number of nitrogens with one attached hydrogen (secondary N) is 3. The lowest BCUT2D eigenvalue weighted by molar-refractivity contribution is -0.343. The molecule has 0 saturated carbocycles. The van der Waals surface area contributed by atoms with Crippen molar-refractivity contribution in [2.24, 2.45) is 5.73 Å². The largest absolute Gasteiger partial charge is 0.416 e. The summed E-state index contributed by atoms with van der Waals surface area (Å²) in [4.78, 5) is 42.9. The van der Waals surface area contributed by atoms with Gasteiger partial charge in [-0.05, 0) is 43.2 Å². The van der Waals surface area contributed by atoms with Crippen molar-refractivity contribution in [3.63, 3.8) is 0 Å². The number of fused-ring (bicyclic) bond motifs is 1. The number of anilines is 1. The third kappa shape index (κ3) is 8.78. The van der Waals surface area contributed by atoms with E-state index in [1.54, 1.807) is 17.2 Å². The van der Waals surface area contributed by atoms with Crippen LogP contribution in [0.15, 0.2) is 60.8 Å². The molecule has 208 valence electrons. The van der Waals surface area contributed by atoms with Crippen molar-refractivity contribution < 1.29 is 32.5 Å². The minimum atomic E-state index is -4.48. The topological polar surface area (TPSA) is 119 Å². The first-order valence-corrected chi connectivity index (χ1v) is 12.8.